The van der Waals surface area contributed by atoms with E-state index in [1.807, 2.05) is 18.3 Å². The van der Waals surface area contributed by atoms with Gasteiger partial charge in [0.2, 0.25) is 15.9 Å². The van der Waals surface area contributed by atoms with E-state index in [2.05, 4.69) is 23.2 Å². The summed E-state index contributed by atoms with van der Waals surface area (Å²) in [4.78, 5) is 19.3. The number of benzene rings is 2. The van der Waals surface area contributed by atoms with E-state index in [0.29, 0.717) is 25.1 Å². The van der Waals surface area contributed by atoms with Gasteiger partial charge in [-0.3, -0.25) is 9.78 Å². The molecule has 2 N–H and O–H groups in total. The minimum absolute atomic E-state index is 0.0387. The van der Waals surface area contributed by atoms with Crippen LogP contribution in [0.4, 0.5) is 5.69 Å². The van der Waals surface area contributed by atoms with Crippen LogP contribution in [0.2, 0.25) is 0 Å². The molecule has 1 atom stereocenters. The second kappa shape index (κ2) is 7.04. The predicted octanol–water partition coefficient (Wildman–Crippen LogP) is 2.70. The number of hydrogen-bond acceptors (Lipinski definition) is 4. The minimum atomic E-state index is -3.81. The lowest BCUT2D eigenvalue weighted by Gasteiger charge is -2.21. The molecule has 7 heteroatoms. The summed E-state index contributed by atoms with van der Waals surface area (Å²) in [5.74, 6) is -0.104. The highest BCUT2D eigenvalue weighted by Gasteiger charge is 2.34. The number of rotatable bonds is 3. The average Bonchev–Trinajstić information content (AvgIpc) is 3.36. The Morgan fingerprint density at radius 1 is 1.00 bits per heavy atom. The first-order valence-electron chi connectivity index (χ1n) is 9.89. The van der Waals surface area contributed by atoms with Crippen molar-refractivity contribution >= 4 is 21.6 Å². The smallest absolute Gasteiger partial charge is 0.238 e. The van der Waals surface area contributed by atoms with Crippen LogP contribution in [0.15, 0.2) is 65.8 Å². The zero-order chi connectivity index (χ0) is 20.9. The van der Waals surface area contributed by atoms with Crippen LogP contribution in [-0.2, 0) is 34.1 Å². The number of nitrogens with zero attached hydrogens (tertiary/aromatic N) is 2. The summed E-state index contributed by atoms with van der Waals surface area (Å²) in [6, 6.07) is 15.1. The van der Waals surface area contributed by atoms with Gasteiger partial charge < -0.3 is 4.90 Å². The number of hydrogen-bond donors (Lipinski definition) is 1. The number of aromatic nitrogens is 1. The molecular formula is C23H21N3O3S. The van der Waals surface area contributed by atoms with Crippen molar-refractivity contribution < 1.29 is 13.2 Å². The Balaban J connectivity index is 1.40. The van der Waals surface area contributed by atoms with E-state index in [4.69, 9.17) is 5.14 Å². The number of pyridine rings is 1. The van der Waals surface area contributed by atoms with Crippen molar-refractivity contribution in [1.82, 2.24) is 4.98 Å². The zero-order valence-corrected chi connectivity index (χ0v) is 17.1. The maximum Gasteiger partial charge on any atom is 0.238 e. The van der Waals surface area contributed by atoms with Gasteiger partial charge in [-0.1, -0.05) is 30.3 Å². The van der Waals surface area contributed by atoms with E-state index in [0.717, 1.165) is 23.1 Å². The van der Waals surface area contributed by atoms with Crippen LogP contribution in [0.3, 0.4) is 0 Å². The van der Waals surface area contributed by atoms with Crippen LogP contribution in [0.1, 0.15) is 16.7 Å². The van der Waals surface area contributed by atoms with Gasteiger partial charge in [-0.15, -0.1) is 0 Å². The molecule has 0 saturated carbocycles. The molecule has 0 fully saturated rings. The average molecular weight is 420 g/mol. The Labute approximate surface area is 175 Å². The predicted molar refractivity (Wildman–Crippen MR) is 114 cm³/mol. The van der Waals surface area contributed by atoms with Gasteiger partial charge in [0.05, 0.1) is 4.90 Å². The highest BCUT2D eigenvalue weighted by Crippen LogP contribution is 2.36. The summed E-state index contributed by atoms with van der Waals surface area (Å²) < 4.78 is 23.5. The summed E-state index contributed by atoms with van der Waals surface area (Å²) in [5.41, 5.74) is 6.17. The summed E-state index contributed by atoms with van der Waals surface area (Å²) in [6.07, 6.45) is 5.69. The first kappa shape index (κ1) is 19.0. The van der Waals surface area contributed by atoms with Crippen molar-refractivity contribution in [3.8, 4) is 11.1 Å². The lowest BCUT2D eigenvalue weighted by Crippen LogP contribution is -2.35. The Bertz CT molecular complexity index is 1260. The topological polar surface area (TPSA) is 93.4 Å². The fourth-order valence-corrected chi connectivity index (χ4v) is 5.02. The van der Waals surface area contributed by atoms with Crippen LogP contribution in [-0.4, -0.2) is 25.9 Å². The third kappa shape index (κ3) is 3.30. The van der Waals surface area contributed by atoms with Crippen molar-refractivity contribution in [2.24, 2.45) is 11.1 Å². The summed E-state index contributed by atoms with van der Waals surface area (Å²) in [7, 11) is -3.81. The highest BCUT2D eigenvalue weighted by atomic mass is 32.2. The SMILES string of the molecule is NS(=O)(=O)c1ccc2c(c1)N(C(=O)[C@@H]1Cc3ccc(-c4cccnc4)cc3C1)CC2. The second-order valence-corrected chi connectivity index (χ2v) is 9.47. The second-order valence-electron chi connectivity index (χ2n) is 7.91. The molecule has 0 bridgehead atoms. The van der Waals surface area contributed by atoms with Crippen molar-refractivity contribution in [3.05, 3.63) is 77.6 Å². The molecule has 0 spiro atoms. The van der Waals surface area contributed by atoms with Crippen molar-refractivity contribution in [2.45, 2.75) is 24.2 Å². The molecule has 2 heterocycles. The number of amides is 1. The fourth-order valence-electron chi connectivity index (χ4n) is 4.49. The zero-order valence-electron chi connectivity index (χ0n) is 16.3. The molecule has 1 aromatic heterocycles. The van der Waals surface area contributed by atoms with E-state index in [-0.39, 0.29) is 16.7 Å². The largest absolute Gasteiger partial charge is 0.312 e. The third-order valence-corrected chi connectivity index (χ3v) is 6.94. The molecule has 1 aliphatic carbocycles. The number of carbonyl (C=O) groups is 1. The van der Waals surface area contributed by atoms with Gasteiger partial charge >= 0.3 is 0 Å². The maximum atomic E-state index is 13.3. The number of primary sulfonamides is 1. The van der Waals surface area contributed by atoms with Gasteiger partial charge in [0.1, 0.15) is 0 Å². The van der Waals surface area contributed by atoms with Gasteiger partial charge in [-0.05, 0) is 65.3 Å². The molecule has 6 nitrogen and oxygen atoms in total. The van der Waals surface area contributed by atoms with Gasteiger partial charge in [0.15, 0.2) is 0 Å². The summed E-state index contributed by atoms with van der Waals surface area (Å²) in [6.45, 7) is 0.565. The lowest BCUT2D eigenvalue weighted by molar-refractivity contribution is -0.122. The Morgan fingerprint density at radius 3 is 2.57 bits per heavy atom. The standard InChI is InChI=1S/C23H21N3O3S/c24-30(28,29)21-6-5-15-7-9-26(22(15)13-21)23(27)20-11-17-4-3-16(10-19(17)12-20)18-2-1-8-25-14-18/h1-6,8,10,13-14,20H,7,9,11-12H2,(H2,24,28,29)/t20-/m1/s1. The van der Waals surface area contributed by atoms with Crippen LogP contribution in [0, 0.1) is 5.92 Å². The van der Waals surface area contributed by atoms with Crippen molar-refractivity contribution in [1.29, 1.82) is 0 Å². The molecule has 2 aromatic carbocycles. The molecular weight excluding hydrogens is 398 g/mol. The number of sulfonamides is 1. The summed E-state index contributed by atoms with van der Waals surface area (Å²) >= 11 is 0. The lowest BCUT2D eigenvalue weighted by atomic mass is 10.0. The number of anilines is 1. The molecule has 30 heavy (non-hydrogen) atoms. The van der Waals surface area contributed by atoms with Gasteiger partial charge in [-0.2, -0.15) is 0 Å². The van der Waals surface area contributed by atoms with E-state index < -0.39 is 10.0 Å². The molecule has 1 amide bonds. The fraction of sp³-hybridized carbons (Fsp3) is 0.217. The third-order valence-electron chi connectivity index (χ3n) is 6.03. The van der Waals surface area contributed by atoms with E-state index >= 15 is 0 Å². The first-order valence-corrected chi connectivity index (χ1v) is 11.4. The Kier molecular flexibility index (Phi) is 4.45. The Morgan fingerprint density at radius 2 is 1.80 bits per heavy atom. The van der Waals surface area contributed by atoms with Crippen LogP contribution in [0.25, 0.3) is 11.1 Å². The normalized spacial score (nSPS) is 17.6. The van der Waals surface area contributed by atoms with Crippen molar-refractivity contribution in [2.75, 3.05) is 11.4 Å². The van der Waals surface area contributed by atoms with E-state index in [9.17, 15) is 13.2 Å². The van der Waals surface area contributed by atoms with Crippen molar-refractivity contribution in [3.63, 3.8) is 0 Å². The molecule has 0 saturated heterocycles. The van der Waals surface area contributed by atoms with E-state index in [1.165, 1.54) is 23.3 Å². The minimum Gasteiger partial charge on any atom is -0.312 e. The molecule has 3 aromatic rings. The maximum absolute atomic E-state index is 13.3. The molecule has 2 aliphatic rings. The van der Waals surface area contributed by atoms with Gasteiger partial charge in [0.25, 0.3) is 0 Å². The first-order chi connectivity index (χ1) is 14.4. The monoisotopic (exact) mass is 419 g/mol. The molecule has 1 aliphatic heterocycles. The number of carbonyl (C=O) groups excluding carboxylic acids is 1. The highest BCUT2D eigenvalue weighted by molar-refractivity contribution is 7.89. The van der Waals surface area contributed by atoms with E-state index in [1.54, 1.807) is 17.2 Å². The molecule has 5 rings (SSSR count). The molecule has 0 unspecified atom stereocenters. The Hall–Kier alpha value is -3.03. The number of nitrogens with two attached hydrogens (primary N) is 1. The van der Waals surface area contributed by atoms with Gasteiger partial charge in [0, 0.05) is 30.5 Å². The van der Waals surface area contributed by atoms with Crippen LogP contribution >= 0.6 is 0 Å². The number of fused-ring (bicyclic) bond motifs is 2. The summed E-state index contributed by atoms with van der Waals surface area (Å²) in [5, 5.41) is 5.28. The van der Waals surface area contributed by atoms with Crippen LogP contribution in [0.5, 0.6) is 0 Å². The molecule has 0 radical (unpaired) electrons. The van der Waals surface area contributed by atoms with Gasteiger partial charge in [-0.25, -0.2) is 13.6 Å². The van der Waals surface area contributed by atoms with Crippen LogP contribution < -0.4 is 10.0 Å². The quantitative estimate of drug-likeness (QED) is 0.706. The molecule has 152 valence electrons.